The molecule has 0 bridgehead atoms. The maximum Gasteiger partial charge on any atom is 0.333 e. The van der Waals surface area contributed by atoms with E-state index >= 15 is 0 Å². The fourth-order valence-corrected chi connectivity index (χ4v) is 3.44. The van der Waals surface area contributed by atoms with E-state index in [-0.39, 0.29) is 25.1 Å². The molecule has 13 nitrogen and oxygen atoms in total. The summed E-state index contributed by atoms with van der Waals surface area (Å²) in [5.41, 5.74) is 0.368. The lowest BCUT2D eigenvalue weighted by molar-refractivity contribution is -0.150. The predicted octanol–water partition coefficient (Wildman–Crippen LogP) is 3.01. The molecule has 1 atom stereocenters. The Morgan fingerprint density at radius 3 is 1.04 bits per heavy atom. The second-order valence-electron chi connectivity index (χ2n) is 9.84. The van der Waals surface area contributed by atoms with Gasteiger partial charge in [0.25, 0.3) is 0 Å². The van der Waals surface area contributed by atoms with Gasteiger partial charge in [-0.25, -0.2) is 4.79 Å². The fourth-order valence-electron chi connectivity index (χ4n) is 3.44. The van der Waals surface area contributed by atoms with E-state index in [0.29, 0.717) is 124 Å². The number of carbonyl (C=O) groups is 2. The van der Waals surface area contributed by atoms with Crippen molar-refractivity contribution >= 4 is 11.9 Å². The van der Waals surface area contributed by atoms with Gasteiger partial charge in [0.15, 0.2) is 0 Å². The standard InChI is InChI=1S/C32H60O13/c1-5-7-8-30(6-2)32(34)45-28-26-43-24-22-41-20-18-39-16-14-37-12-10-35-9-11-36-13-15-38-17-19-40-21-23-42-25-27-44-31(33)29(3)4/h30H,3,5-28H2,1-2,4H3. The third-order valence-electron chi connectivity index (χ3n) is 5.99. The van der Waals surface area contributed by atoms with Gasteiger partial charge in [0.2, 0.25) is 0 Å². The monoisotopic (exact) mass is 652 g/mol. The van der Waals surface area contributed by atoms with Crippen molar-refractivity contribution in [3.63, 3.8) is 0 Å². The molecule has 0 amide bonds. The van der Waals surface area contributed by atoms with Crippen LogP contribution in [-0.2, 0) is 61.7 Å². The third kappa shape index (κ3) is 32.1. The van der Waals surface area contributed by atoms with Gasteiger partial charge in [-0.2, -0.15) is 0 Å². The molecule has 0 saturated carbocycles. The van der Waals surface area contributed by atoms with Gasteiger partial charge in [0, 0.05) is 5.57 Å². The van der Waals surface area contributed by atoms with Crippen LogP contribution in [0.15, 0.2) is 12.2 Å². The molecule has 0 fully saturated rings. The number of hydrogen-bond acceptors (Lipinski definition) is 13. The quantitative estimate of drug-likeness (QED) is 0.0558. The Labute approximate surface area is 270 Å². The van der Waals surface area contributed by atoms with E-state index in [1.807, 2.05) is 6.92 Å². The first kappa shape index (κ1) is 43.3. The van der Waals surface area contributed by atoms with Gasteiger partial charge < -0.3 is 52.1 Å². The van der Waals surface area contributed by atoms with Gasteiger partial charge >= 0.3 is 11.9 Å². The van der Waals surface area contributed by atoms with Crippen molar-refractivity contribution in [3.8, 4) is 0 Å². The second kappa shape index (κ2) is 35.2. The minimum absolute atomic E-state index is 0.00670. The lowest BCUT2D eigenvalue weighted by Crippen LogP contribution is -2.20. The SMILES string of the molecule is C=C(C)C(=O)OCCOCCOCCOCCOCCOCCOCCOCCOCCOCCOC(=O)C(CC)CCCC. The van der Waals surface area contributed by atoms with Gasteiger partial charge in [-0.3, -0.25) is 4.79 Å². The van der Waals surface area contributed by atoms with Gasteiger partial charge in [0.1, 0.15) is 13.2 Å². The van der Waals surface area contributed by atoms with Crippen LogP contribution in [0.25, 0.3) is 0 Å². The Morgan fingerprint density at radius 1 is 0.489 bits per heavy atom. The molecule has 45 heavy (non-hydrogen) atoms. The molecule has 0 N–H and O–H groups in total. The van der Waals surface area contributed by atoms with E-state index in [9.17, 15) is 9.59 Å². The average Bonchev–Trinajstić information content (AvgIpc) is 3.03. The summed E-state index contributed by atoms with van der Waals surface area (Å²) in [4.78, 5) is 23.2. The summed E-state index contributed by atoms with van der Waals surface area (Å²) in [6, 6.07) is 0. The summed E-state index contributed by atoms with van der Waals surface area (Å²) in [5, 5.41) is 0. The van der Waals surface area contributed by atoms with Crippen LogP contribution in [0.3, 0.4) is 0 Å². The predicted molar refractivity (Wildman–Crippen MR) is 167 cm³/mol. The number of carbonyl (C=O) groups excluding carboxylic acids is 2. The number of hydrogen-bond donors (Lipinski definition) is 0. The highest BCUT2D eigenvalue weighted by Gasteiger charge is 2.16. The van der Waals surface area contributed by atoms with Crippen LogP contribution in [-0.4, -0.2) is 144 Å². The van der Waals surface area contributed by atoms with Crippen LogP contribution >= 0.6 is 0 Å². The Balaban J connectivity index is 3.17. The molecule has 266 valence electrons. The maximum atomic E-state index is 12.0. The van der Waals surface area contributed by atoms with Crippen molar-refractivity contribution in [1.82, 2.24) is 0 Å². The van der Waals surface area contributed by atoms with Crippen LogP contribution in [0, 0.1) is 5.92 Å². The van der Waals surface area contributed by atoms with Gasteiger partial charge in [-0.1, -0.05) is 33.3 Å². The van der Waals surface area contributed by atoms with E-state index in [1.165, 1.54) is 0 Å². The summed E-state index contributed by atoms with van der Waals surface area (Å²) in [5.74, 6) is -0.545. The van der Waals surface area contributed by atoms with E-state index in [1.54, 1.807) is 6.92 Å². The lowest BCUT2D eigenvalue weighted by atomic mass is 10.00. The van der Waals surface area contributed by atoms with Crippen LogP contribution in [0.1, 0.15) is 46.5 Å². The Kier molecular flexibility index (Phi) is 33.9. The number of esters is 2. The highest BCUT2D eigenvalue weighted by Crippen LogP contribution is 2.14. The zero-order valence-electron chi connectivity index (χ0n) is 28.1. The minimum atomic E-state index is -0.415. The zero-order chi connectivity index (χ0) is 33.1. The first-order chi connectivity index (χ1) is 22.0. The molecule has 0 aromatic rings. The van der Waals surface area contributed by atoms with Crippen molar-refractivity contribution in [2.75, 3.05) is 132 Å². The molecular formula is C32H60O13. The molecule has 0 aromatic heterocycles. The Bertz CT molecular complexity index is 677. The van der Waals surface area contributed by atoms with Crippen LogP contribution in [0.4, 0.5) is 0 Å². The van der Waals surface area contributed by atoms with Crippen molar-refractivity contribution in [2.45, 2.75) is 46.5 Å². The van der Waals surface area contributed by atoms with E-state index < -0.39 is 5.97 Å². The first-order valence-electron chi connectivity index (χ1n) is 16.2. The smallest absolute Gasteiger partial charge is 0.333 e. The minimum Gasteiger partial charge on any atom is -0.463 e. The maximum absolute atomic E-state index is 12.0. The van der Waals surface area contributed by atoms with Gasteiger partial charge in [0.05, 0.1) is 125 Å². The molecule has 0 aliphatic heterocycles. The molecule has 0 heterocycles. The van der Waals surface area contributed by atoms with Crippen LogP contribution in [0.5, 0.6) is 0 Å². The van der Waals surface area contributed by atoms with Crippen molar-refractivity contribution in [3.05, 3.63) is 12.2 Å². The topological polar surface area (TPSA) is 136 Å². The average molecular weight is 653 g/mol. The molecule has 0 spiro atoms. The molecular weight excluding hydrogens is 592 g/mol. The van der Waals surface area contributed by atoms with Gasteiger partial charge in [-0.15, -0.1) is 0 Å². The molecule has 0 aliphatic carbocycles. The van der Waals surface area contributed by atoms with Crippen LogP contribution in [0.2, 0.25) is 0 Å². The highest BCUT2D eigenvalue weighted by molar-refractivity contribution is 5.86. The molecule has 0 aliphatic rings. The summed E-state index contributed by atoms with van der Waals surface area (Å²) in [7, 11) is 0. The van der Waals surface area contributed by atoms with Gasteiger partial charge in [-0.05, 0) is 19.8 Å². The van der Waals surface area contributed by atoms with E-state index in [0.717, 1.165) is 25.7 Å². The van der Waals surface area contributed by atoms with Crippen molar-refractivity contribution in [1.29, 1.82) is 0 Å². The molecule has 0 saturated heterocycles. The molecule has 13 heteroatoms. The fraction of sp³-hybridized carbons (Fsp3) is 0.875. The van der Waals surface area contributed by atoms with Crippen molar-refractivity contribution in [2.24, 2.45) is 5.92 Å². The number of unbranched alkanes of at least 4 members (excludes halogenated alkanes) is 1. The molecule has 0 rings (SSSR count). The number of rotatable bonds is 36. The second-order valence-corrected chi connectivity index (χ2v) is 9.84. The zero-order valence-corrected chi connectivity index (χ0v) is 28.1. The van der Waals surface area contributed by atoms with E-state index in [4.69, 9.17) is 52.1 Å². The summed E-state index contributed by atoms with van der Waals surface area (Å²) in [6.07, 6.45) is 3.82. The molecule has 0 aromatic carbocycles. The summed E-state index contributed by atoms with van der Waals surface area (Å²) in [6.45, 7) is 17.9. The molecule has 1 unspecified atom stereocenters. The van der Waals surface area contributed by atoms with Crippen LogP contribution < -0.4 is 0 Å². The largest absolute Gasteiger partial charge is 0.463 e. The Hall–Kier alpha value is -1.68. The summed E-state index contributed by atoms with van der Waals surface area (Å²) < 4.78 is 59.1. The third-order valence-corrected chi connectivity index (χ3v) is 5.99. The van der Waals surface area contributed by atoms with Crippen molar-refractivity contribution < 1.29 is 61.7 Å². The Morgan fingerprint density at radius 2 is 0.778 bits per heavy atom. The first-order valence-corrected chi connectivity index (χ1v) is 16.2. The number of ether oxygens (including phenoxy) is 11. The highest BCUT2D eigenvalue weighted by atomic mass is 16.6. The summed E-state index contributed by atoms with van der Waals surface area (Å²) >= 11 is 0. The van der Waals surface area contributed by atoms with E-state index in [2.05, 4.69) is 13.5 Å². The normalized spacial score (nSPS) is 11.9. The lowest BCUT2D eigenvalue weighted by Gasteiger charge is -2.13. The molecule has 0 radical (unpaired) electrons.